The number of pyridine rings is 1. The number of carbonyl (C=O) groups is 3. The highest BCUT2D eigenvalue weighted by atomic mass is 19.4. The summed E-state index contributed by atoms with van der Waals surface area (Å²) in [7, 11) is 0. The van der Waals surface area contributed by atoms with Crippen molar-refractivity contribution < 1.29 is 60.4 Å². The molecule has 1 fully saturated rings. The lowest BCUT2D eigenvalue weighted by molar-refractivity contribution is -0.193. The first-order chi connectivity index (χ1) is 21.0. The molecule has 1 saturated heterocycles. The van der Waals surface area contributed by atoms with Crippen LogP contribution in [0.1, 0.15) is 22.3 Å². The summed E-state index contributed by atoms with van der Waals surface area (Å²) in [6.07, 6.45) is -7.49. The van der Waals surface area contributed by atoms with Crippen LogP contribution in [0.15, 0.2) is 66.9 Å². The maximum absolute atomic E-state index is 13.1. The molecule has 17 heteroatoms. The van der Waals surface area contributed by atoms with Gasteiger partial charge in [0.25, 0.3) is 5.91 Å². The Morgan fingerprint density at radius 1 is 0.822 bits per heavy atom. The maximum Gasteiger partial charge on any atom is 0.490 e. The highest BCUT2D eigenvalue weighted by molar-refractivity contribution is 6.04. The topological polar surface area (TPSA) is 143 Å². The predicted molar refractivity (Wildman–Crippen MR) is 146 cm³/mol. The number of hydrogen-bond donors (Lipinski definition) is 4. The first-order valence-electron chi connectivity index (χ1n) is 12.8. The Morgan fingerprint density at radius 2 is 1.42 bits per heavy atom. The fourth-order valence-corrected chi connectivity index (χ4v) is 3.74. The molecular weight excluding hydrogens is 621 g/mol. The zero-order valence-electron chi connectivity index (χ0n) is 23.1. The molecule has 45 heavy (non-hydrogen) atoms. The SMILES string of the molecule is O=C(Nc1ccnc(N2CCCN(Cc3cccc(O)c3)CC2)c1)c1ccc(F)cc1.O=C(O)C(F)(F)F.O=C(O)C(F)(F)F. The van der Waals surface area contributed by atoms with Gasteiger partial charge in [-0.1, -0.05) is 12.1 Å². The normalized spacial score (nSPS) is 13.7. The number of aromatic hydroxyl groups is 1. The van der Waals surface area contributed by atoms with Crippen LogP contribution in [0.4, 0.5) is 42.2 Å². The molecule has 3 aromatic rings. The van der Waals surface area contributed by atoms with Gasteiger partial charge in [-0.3, -0.25) is 9.69 Å². The number of carboxylic acids is 2. The van der Waals surface area contributed by atoms with Crippen molar-refractivity contribution in [3.8, 4) is 5.75 Å². The number of nitrogens with zero attached hydrogens (tertiary/aromatic N) is 3. The number of anilines is 2. The summed E-state index contributed by atoms with van der Waals surface area (Å²) in [5.41, 5.74) is 2.15. The number of hydrogen-bond acceptors (Lipinski definition) is 7. The molecule has 1 amide bonds. The summed E-state index contributed by atoms with van der Waals surface area (Å²) in [4.78, 5) is 39.3. The van der Waals surface area contributed by atoms with Crippen molar-refractivity contribution in [1.29, 1.82) is 0 Å². The predicted octanol–water partition coefficient (Wildman–Crippen LogP) is 5.16. The van der Waals surface area contributed by atoms with Gasteiger partial charge in [0.2, 0.25) is 0 Å². The monoisotopic (exact) mass is 648 g/mol. The first-order valence-corrected chi connectivity index (χ1v) is 12.8. The molecule has 0 atom stereocenters. The van der Waals surface area contributed by atoms with E-state index >= 15 is 0 Å². The number of amides is 1. The molecule has 0 spiro atoms. The average molecular weight is 649 g/mol. The molecule has 0 radical (unpaired) electrons. The third-order valence-corrected chi connectivity index (χ3v) is 5.82. The van der Waals surface area contributed by atoms with Gasteiger partial charge in [0.15, 0.2) is 0 Å². The van der Waals surface area contributed by atoms with Gasteiger partial charge in [-0.15, -0.1) is 0 Å². The Kier molecular flexibility index (Phi) is 13.1. The molecule has 0 saturated carbocycles. The molecule has 10 nitrogen and oxygen atoms in total. The summed E-state index contributed by atoms with van der Waals surface area (Å²) < 4.78 is 76.5. The number of alkyl halides is 6. The highest BCUT2D eigenvalue weighted by Gasteiger charge is 2.38. The van der Waals surface area contributed by atoms with Gasteiger partial charge < -0.3 is 25.5 Å². The van der Waals surface area contributed by atoms with E-state index < -0.39 is 24.3 Å². The van der Waals surface area contributed by atoms with E-state index in [9.17, 15) is 40.6 Å². The van der Waals surface area contributed by atoms with Crippen molar-refractivity contribution in [2.24, 2.45) is 0 Å². The summed E-state index contributed by atoms with van der Waals surface area (Å²) in [6.45, 7) is 4.33. The minimum Gasteiger partial charge on any atom is -0.508 e. The lowest BCUT2D eigenvalue weighted by Gasteiger charge is -2.23. The van der Waals surface area contributed by atoms with Gasteiger partial charge in [0.05, 0.1) is 0 Å². The van der Waals surface area contributed by atoms with Crippen LogP contribution in [-0.2, 0) is 16.1 Å². The van der Waals surface area contributed by atoms with Crippen LogP contribution in [0.3, 0.4) is 0 Å². The molecule has 0 bridgehead atoms. The van der Waals surface area contributed by atoms with Crippen molar-refractivity contribution in [3.05, 3.63) is 83.8 Å². The first kappa shape index (κ1) is 36.3. The van der Waals surface area contributed by atoms with E-state index in [0.29, 0.717) is 11.3 Å². The number of aliphatic carboxylic acids is 2. The third kappa shape index (κ3) is 13.1. The quantitative estimate of drug-likeness (QED) is 0.276. The van der Waals surface area contributed by atoms with Crippen LogP contribution in [0.5, 0.6) is 5.75 Å². The molecule has 1 aliphatic rings. The van der Waals surface area contributed by atoms with Crippen molar-refractivity contribution in [2.45, 2.75) is 25.3 Å². The van der Waals surface area contributed by atoms with Gasteiger partial charge in [0, 0.05) is 56.2 Å². The van der Waals surface area contributed by atoms with Gasteiger partial charge >= 0.3 is 24.3 Å². The fourth-order valence-electron chi connectivity index (χ4n) is 3.74. The van der Waals surface area contributed by atoms with Crippen LogP contribution in [0, 0.1) is 5.82 Å². The second-order valence-corrected chi connectivity index (χ2v) is 9.26. The van der Waals surface area contributed by atoms with Gasteiger partial charge in [-0.05, 0) is 54.4 Å². The van der Waals surface area contributed by atoms with E-state index in [1.54, 1.807) is 24.4 Å². The van der Waals surface area contributed by atoms with Crippen LogP contribution in [-0.4, -0.2) is 81.6 Å². The molecule has 0 unspecified atom stereocenters. The second kappa shape index (κ2) is 16.2. The third-order valence-electron chi connectivity index (χ3n) is 5.82. The minimum atomic E-state index is -5.08. The van der Waals surface area contributed by atoms with Gasteiger partial charge in [0.1, 0.15) is 17.4 Å². The van der Waals surface area contributed by atoms with Crippen molar-refractivity contribution >= 4 is 29.4 Å². The Balaban J connectivity index is 0.000000421. The zero-order valence-corrected chi connectivity index (χ0v) is 23.1. The number of aromatic nitrogens is 1. The molecule has 244 valence electrons. The Morgan fingerprint density at radius 3 is 1.98 bits per heavy atom. The molecule has 1 aromatic heterocycles. The van der Waals surface area contributed by atoms with Crippen LogP contribution < -0.4 is 10.2 Å². The lowest BCUT2D eigenvalue weighted by Crippen LogP contribution is -2.31. The largest absolute Gasteiger partial charge is 0.508 e. The van der Waals surface area contributed by atoms with Crippen molar-refractivity contribution in [1.82, 2.24) is 9.88 Å². The molecule has 0 aliphatic carbocycles. The van der Waals surface area contributed by atoms with E-state index in [0.717, 1.165) is 50.5 Å². The summed E-state index contributed by atoms with van der Waals surface area (Å²) >= 11 is 0. The molecule has 4 N–H and O–H groups in total. The zero-order chi connectivity index (χ0) is 33.8. The second-order valence-electron chi connectivity index (χ2n) is 9.26. The Labute approximate surface area is 251 Å². The highest BCUT2D eigenvalue weighted by Crippen LogP contribution is 2.20. The molecule has 2 aromatic carbocycles. The van der Waals surface area contributed by atoms with Crippen LogP contribution in [0.25, 0.3) is 0 Å². The Bertz CT molecular complexity index is 1410. The number of phenolic OH excluding ortho intramolecular Hbond substituents is 1. The smallest absolute Gasteiger partial charge is 0.490 e. The lowest BCUT2D eigenvalue weighted by atomic mass is 10.2. The van der Waals surface area contributed by atoms with Crippen molar-refractivity contribution in [2.75, 3.05) is 36.4 Å². The number of halogens is 7. The summed E-state index contributed by atoms with van der Waals surface area (Å²) in [5.74, 6) is -5.07. The van der Waals surface area contributed by atoms with E-state index in [-0.39, 0.29) is 17.5 Å². The number of benzene rings is 2. The summed E-state index contributed by atoms with van der Waals surface area (Å²) in [5, 5.41) is 26.8. The number of carbonyl (C=O) groups excluding carboxylic acids is 1. The Hall–Kier alpha value is -4.93. The van der Waals surface area contributed by atoms with Gasteiger partial charge in [-0.2, -0.15) is 26.3 Å². The fraction of sp³-hybridized carbons (Fsp3) is 0.286. The molecule has 4 rings (SSSR count). The number of carboxylic acid groups (broad SMARTS) is 2. The minimum absolute atomic E-state index is 0.287. The molecule has 1 aliphatic heterocycles. The molecule has 2 heterocycles. The van der Waals surface area contributed by atoms with Gasteiger partial charge in [-0.25, -0.2) is 19.0 Å². The van der Waals surface area contributed by atoms with E-state index in [1.807, 2.05) is 18.2 Å². The van der Waals surface area contributed by atoms with E-state index in [1.165, 1.54) is 24.3 Å². The maximum atomic E-state index is 13.1. The summed E-state index contributed by atoms with van der Waals surface area (Å²) in [6, 6.07) is 16.5. The molecular formula is C28H27F7N4O6. The van der Waals surface area contributed by atoms with Crippen molar-refractivity contribution in [3.63, 3.8) is 0 Å². The number of phenols is 1. The van der Waals surface area contributed by atoms with E-state index in [4.69, 9.17) is 19.8 Å². The standard InChI is InChI=1S/C24H25FN4O2.2C2HF3O2/c25-20-7-5-19(6-8-20)24(31)27-21-9-10-26-23(16-21)29-12-2-11-28(13-14-29)17-18-3-1-4-22(30)15-18;2*3-2(4,5)1(6)7/h1,3-10,15-16,30H,2,11-14,17H2,(H,26,27,31);2*(H,6,7). The number of nitrogens with one attached hydrogen (secondary N) is 1. The van der Waals surface area contributed by atoms with E-state index in [2.05, 4.69) is 20.1 Å². The van der Waals surface area contributed by atoms with Crippen LogP contribution in [0.2, 0.25) is 0 Å². The number of rotatable bonds is 5. The average Bonchev–Trinajstić information content (AvgIpc) is 3.19. The van der Waals surface area contributed by atoms with Crippen LogP contribution >= 0.6 is 0 Å².